The van der Waals surface area contributed by atoms with Crippen molar-refractivity contribution in [1.29, 1.82) is 0 Å². The lowest BCUT2D eigenvalue weighted by Crippen LogP contribution is -2.07. The number of halogens is 3. The van der Waals surface area contributed by atoms with Crippen molar-refractivity contribution in [3.63, 3.8) is 0 Å². The molecule has 0 aliphatic heterocycles. The van der Waals surface area contributed by atoms with Gasteiger partial charge >= 0.3 is 6.01 Å². The molecule has 8 heteroatoms. The minimum absolute atomic E-state index is 0.0225. The molecule has 25 heavy (non-hydrogen) atoms. The summed E-state index contributed by atoms with van der Waals surface area (Å²) >= 11 is 5.87. The normalized spacial score (nSPS) is 10.5. The summed E-state index contributed by atoms with van der Waals surface area (Å²) in [6.07, 6.45) is 0. The van der Waals surface area contributed by atoms with Gasteiger partial charge in [0.25, 0.3) is 0 Å². The van der Waals surface area contributed by atoms with Crippen LogP contribution in [0.5, 0.6) is 6.01 Å². The lowest BCUT2D eigenvalue weighted by Gasteiger charge is -2.08. The zero-order valence-corrected chi connectivity index (χ0v) is 13.7. The summed E-state index contributed by atoms with van der Waals surface area (Å²) in [5.74, 6) is -0.388. The summed E-state index contributed by atoms with van der Waals surface area (Å²) in [6, 6.07) is 12.0. The molecule has 0 atom stereocenters. The average molecular weight is 363 g/mol. The SMILES string of the molecule is Fc1ccc(CNc2nc(Cl)nc(OCc3ccc(F)cc3)n2)cc1. The van der Waals surface area contributed by atoms with E-state index in [1.54, 1.807) is 24.3 Å². The first kappa shape index (κ1) is 17.0. The maximum absolute atomic E-state index is 12.9. The Morgan fingerprint density at radius 1 is 0.840 bits per heavy atom. The molecule has 0 aliphatic rings. The number of nitrogens with zero attached hydrogens (tertiary/aromatic N) is 3. The van der Waals surface area contributed by atoms with E-state index < -0.39 is 0 Å². The van der Waals surface area contributed by atoms with Crippen molar-refractivity contribution < 1.29 is 13.5 Å². The van der Waals surface area contributed by atoms with Crippen molar-refractivity contribution in [2.45, 2.75) is 13.2 Å². The third kappa shape index (κ3) is 5.09. The Bertz CT molecular complexity index is 777. The largest absolute Gasteiger partial charge is 0.458 e. The van der Waals surface area contributed by atoms with Crippen molar-refractivity contribution >= 4 is 17.5 Å². The second kappa shape index (κ2) is 7.85. The Morgan fingerprint density at radius 2 is 1.44 bits per heavy atom. The van der Waals surface area contributed by atoms with Crippen LogP contribution in [0.1, 0.15) is 11.1 Å². The smallest absolute Gasteiger partial charge is 0.322 e. The van der Waals surface area contributed by atoms with E-state index >= 15 is 0 Å². The quantitative estimate of drug-likeness (QED) is 0.718. The van der Waals surface area contributed by atoms with E-state index in [1.165, 1.54) is 24.3 Å². The van der Waals surface area contributed by atoms with Crippen molar-refractivity contribution in [3.8, 4) is 6.01 Å². The highest BCUT2D eigenvalue weighted by molar-refractivity contribution is 6.28. The van der Waals surface area contributed by atoms with Crippen LogP contribution in [0.15, 0.2) is 48.5 Å². The van der Waals surface area contributed by atoms with Gasteiger partial charge in [0.2, 0.25) is 11.2 Å². The van der Waals surface area contributed by atoms with Crippen molar-refractivity contribution in [2.24, 2.45) is 0 Å². The highest BCUT2D eigenvalue weighted by Crippen LogP contribution is 2.14. The van der Waals surface area contributed by atoms with Crippen LogP contribution in [0.3, 0.4) is 0 Å². The van der Waals surface area contributed by atoms with Crippen LogP contribution in [-0.4, -0.2) is 15.0 Å². The zero-order valence-electron chi connectivity index (χ0n) is 12.9. The maximum atomic E-state index is 12.9. The molecule has 0 radical (unpaired) electrons. The van der Waals surface area contributed by atoms with Gasteiger partial charge in [-0.05, 0) is 47.0 Å². The van der Waals surface area contributed by atoms with Gasteiger partial charge in [0.1, 0.15) is 18.2 Å². The van der Waals surface area contributed by atoms with E-state index in [4.69, 9.17) is 16.3 Å². The zero-order chi connectivity index (χ0) is 17.6. The lowest BCUT2D eigenvalue weighted by atomic mass is 10.2. The Morgan fingerprint density at radius 3 is 2.08 bits per heavy atom. The summed E-state index contributed by atoms with van der Waals surface area (Å²) < 4.78 is 31.2. The second-order valence-electron chi connectivity index (χ2n) is 5.11. The third-order valence-corrected chi connectivity index (χ3v) is 3.40. The molecular formula is C17H13ClF2N4O. The predicted molar refractivity (Wildman–Crippen MR) is 89.3 cm³/mol. The van der Waals surface area contributed by atoms with Crippen LogP contribution in [0.25, 0.3) is 0 Å². The number of ether oxygens (including phenoxy) is 1. The van der Waals surface area contributed by atoms with Crippen molar-refractivity contribution in [2.75, 3.05) is 5.32 Å². The Labute approximate surface area is 147 Å². The molecule has 0 bridgehead atoms. The summed E-state index contributed by atoms with van der Waals surface area (Å²) in [7, 11) is 0. The van der Waals surface area contributed by atoms with Gasteiger partial charge in [-0.2, -0.15) is 15.0 Å². The van der Waals surface area contributed by atoms with Crippen LogP contribution >= 0.6 is 11.6 Å². The predicted octanol–water partition coefficient (Wildman–Crippen LogP) is 3.99. The van der Waals surface area contributed by atoms with E-state index in [-0.39, 0.29) is 35.5 Å². The average Bonchev–Trinajstić information content (AvgIpc) is 2.60. The van der Waals surface area contributed by atoms with E-state index in [1.807, 2.05) is 0 Å². The molecule has 0 fully saturated rings. The second-order valence-corrected chi connectivity index (χ2v) is 5.44. The van der Waals surface area contributed by atoms with Crippen molar-refractivity contribution in [3.05, 3.63) is 76.6 Å². The fourth-order valence-electron chi connectivity index (χ4n) is 1.99. The van der Waals surface area contributed by atoms with E-state index in [0.717, 1.165) is 11.1 Å². The van der Waals surface area contributed by atoms with Gasteiger partial charge in [-0.25, -0.2) is 8.78 Å². The molecule has 3 rings (SSSR count). The molecule has 0 spiro atoms. The number of rotatable bonds is 6. The van der Waals surface area contributed by atoms with Crippen LogP contribution in [-0.2, 0) is 13.2 Å². The van der Waals surface area contributed by atoms with Gasteiger partial charge in [-0.3, -0.25) is 0 Å². The minimum Gasteiger partial charge on any atom is -0.458 e. The summed E-state index contributed by atoms with van der Waals surface area (Å²) in [4.78, 5) is 12.0. The Balaban J connectivity index is 1.63. The first-order valence-electron chi connectivity index (χ1n) is 7.35. The van der Waals surface area contributed by atoms with Crippen LogP contribution in [0.2, 0.25) is 5.28 Å². The van der Waals surface area contributed by atoms with Gasteiger partial charge in [0.15, 0.2) is 0 Å². The van der Waals surface area contributed by atoms with Gasteiger partial charge in [-0.1, -0.05) is 24.3 Å². The Hall–Kier alpha value is -2.80. The molecule has 0 amide bonds. The number of nitrogens with one attached hydrogen (secondary N) is 1. The molecule has 0 saturated heterocycles. The Kier molecular flexibility index (Phi) is 5.35. The van der Waals surface area contributed by atoms with Gasteiger partial charge < -0.3 is 10.1 Å². The molecule has 3 aromatic rings. The number of hydrogen-bond acceptors (Lipinski definition) is 5. The molecule has 0 aliphatic carbocycles. The maximum Gasteiger partial charge on any atom is 0.322 e. The lowest BCUT2D eigenvalue weighted by molar-refractivity contribution is 0.280. The summed E-state index contributed by atoms with van der Waals surface area (Å²) in [5.41, 5.74) is 1.62. The number of anilines is 1. The molecule has 1 N–H and O–H groups in total. The number of benzene rings is 2. The topological polar surface area (TPSA) is 59.9 Å². The minimum atomic E-state index is -0.320. The molecule has 1 heterocycles. The number of hydrogen-bond donors (Lipinski definition) is 1. The van der Waals surface area contributed by atoms with E-state index in [0.29, 0.717) is 6.54 Å². The number of aromatic nitrogens is 3. The molecule has 0 unspecified atom stereocenters. The molecule has 128 valence electrons. The highest BCUT2D eigenvalue weighted by atomic mass is 35.5. The third-order valence-electron chi connectivity index (χ3n) is 3.23. The summed E-state index contributed by atoms with van der Waals surface area (Å²) in [6.45, 7) is 0.552. The molecule has 1 aromatic heterocycles. The van der Waals surface area contributed by atoms with Gasteiger partial charge in [-0.15, -0.1) is 0 Å². The van der Waals surface area contributed by atoms with Crippen LogP contribution in [0.4, 0.5) is 14.7 Å². The highest BCUT2D eigenvalue weighted by Gasteiger charge is 2.07. The fraction of sp³-hybridized carbons (Fsp3) is 0.118. The molecule has 2 aromatic carbocycles. The molecule has 5 nitrogen and oxygen atoms in total. The van der Waals surface area contributed by atoms with Crippen LogP contribution < -0.4 is 10.1 Å². The van der Waals surface area contributed by atoms with Crippen LogP contribution in [0, 0.1) is 11.6 Å². The van der Waals surface area contributed by atoms with Gasteiger partial charge in [0, 0.05) is 6.54 Å². The fourth-order valence-corrected chi connectivity index (χ4v) is 2.14. The van der Waals surface area contributed by atoms with Gasteiger partial charge in [0.05, 0.1) is 0 Å². The molecular weight excluding hydrogens is 350 g/mol. The standard InChI is InChI=1S/C17H13ClF2N4O/c18-15-22-16(21-9-11-1-5-13(19)6-2-11)24-17(23-15)25-10-12-3-7-14(20)8-4-12/h1-8H,9-10H2,(H,21,22,23,24). The monoisotopic (exact) mass is 362 g/mol. The first-order chi connectivity index (χ1) is 12.1. The summed E-state index contributed by atoms with van der Waals surface area (Å²) in [5, 5.41) is 2.95. The van der Waals surface area contributed by atoms with E-state index in [9.17, 15) is 8.78 Å². The molecule has 0 saturated carbocycles. The van der Waals surface area contributed by atoms with E-state index in [2.05, 4.69) is 20.3 Å². The first-order valence-corrected chi connectivity index (χ1v) is 7.73. The van der Waals surface area contributed by atoms with Crippen molar-refractivity contribution in [1.82, 2.24) is 15.0 Å².